The number of aromatic nitrogens is 3. The van der Waals surface area contributed by atoms with Gasteiger partial charge in [0.05, 0.1) is 30.2 Å². The van der Waals surface area contributed by atoms with E-state index in [1.54, 1.807) is 0 Å². The average molecular weight is 255 g/mol. The Morgan fingerprint density at radius 2 is 2.21 bits per heavy atom. The number of pyridine rings is 1. The number of aromatic carboxylic acids is 1. The number of rotatable bonds is 4. The fourth-order valence-electron chi connectivity index (χ4n) is 1.37. The van der Waals surface area contributed by atoms with Gasteiger partial charge in [0.1, 0.15) is 11.9 Å². The Morgan fingerprint density at radius 3 is 2.84 bits per heavy atom. The van der Waals surface area contributed by atoms with E-state index >= 15 is 0 Å². The number of hydrogen-bond acceptors (Lipinski definition) is 6. The summed E-state index contributed by atoms with van der Waals surface area (Å²) in [5.74, 6) is -0.511. The zero-order valence-electron chi connectivity index (χ0n) is 9.74. The summed E-state index contributed by atoms with van der Waals surface area (Å²) in [4.78, 5) is 22.7. The van der Waals surface area contributed by atoms with E-state index in [0.29, 0.717) is 18.1 Å². The lowest BCUT2D eigenvalue weighted by molar-refractivity contribution is 0.0696. The van der Waals surface area contributed by atoms with E-state index in [0.717, 1.165) is 0 Å². The van der Waals surface area contributed by atoms with Crippen LogP contribution in [0.2, 0.25) is 0 Å². The summed E-state index contributed by atoms with van der Waals surface area (Å²) in [6.45, 7) is 0.321. The van der Waals surface area contributed by atoms with Crippen molar-refractivity contribution in [1.82, 2.24) is 15.0 Å². The van der Waals surface area contributed by atoms with Gasteiger partial charge in [-0.15, -0.1) is 0 Å². The van der Waals surface area contributed by atoms with E-state index < -0.39 is 5.97 Å². The van der Waals surface area contributed by atoms with Crippen molar-refractivity contribution in [3.63, 3.8) is 0 Å². The van der Waals surface area contributed by atoms with E-state index in [4.69, 9.17) is 10.4 Å². The first kappa shape index (κ1) is 12.4. The summed E-state index contributed by atoms with van der Waals surface area (Å²) < 4.78 is 0. The minimum Gasteiger partial charge on any atom is -0.478 e. The highest BCUT2D eigenvalue weighted by atomic mass is 16.4. The van der Waals surface area contributed by atoms with Gasteiger partial charge in [-0.2, -0.15) is 5.26 Å². The maximum atomic E-state index is 10.8. The molecule has 0 spiro atoms. The Morgan fingerprint density at radius 1 is 1.37 bits per heavy atom. The maximum Gasteiger partial charge on any atom is 0.335 e. The van der Waals surface area contributed by atoms with Crippen molar-refractivity contribution in [3.8, 4) is 6.07 Å². The SMILES string of the molecule is N#Cc1cnc(NCc2cc(C(=O)O)ccn2)cn1. The molecule has 7 nitrogen and oxygen atoms in total. The van der Waals surface area contributed by atoms with Crippen molar-refractivity contribution in [2.75, 3.05) is 5.32 Å². The topological polar surface area (TPSA) is 112 Å². The molecule has 0 unspecified atom stereocenters. The molecule has 0 aromatic carbocycles. The second-order valence-corrected chi connectivity index (χ2v) is 3.59. The smallest absolute Gasteiger partial charge is 0.335 e. The summed E-state index contributed by atoms with van der Waals surface area (Å²) in [6, 6.07) is 4.77. The highest BCUT2D eigenvalue weighted by Crippen LogP contribution is 2.06. The standard InChI is InChI=1S/C12H9N5O2/c13-4-10-6-17-11(7-15-10)16-5-9-3-8(12(18)19)1-2-14-9/h1-3,6-7H,5H2,(H,16,17)(H,18,19). The Balaban J connectivity index is 2.03. The van der Waals surface area contributed by atoms with Crippen LogP contribution in [0.4, 0.5) is 5.82 Å². The number of nitrogens with one attached hydrogen (secondary N) is 1. The average Bonchev–Trinajstić information content (AvgIpc) is 2.46. The van der Waals surface area contributed by atoms with Crippen molar-refractivity contribution < 1.29 is 9.90 Å². The lowest BCUT2D eigenvalue weighted by Gasteiger charge is -2.05. The number of carboxylic acid groups (broad SMARTS) is 1. The van der Waals surface area contributed by atoms with Gasteiger partial charge in [0, 0.05) is 6.20 Å². The Hall–Kier alpha value is -3.01. The van der Waals surface area contributed by atoms with Crippen LogP contribution in [0.5, 0.6) is 0 Å². The fourth-order valence-corrected chi connectivity index (χ4v) is 1.37. The van der Waals surface area contributed by atoms with Crippen molar-refractivity contribution in [3.05, 3.63) is 47.7 Å². The van der Waals surface area contributed by atoms with Crippen molar-refractivity contribution in [1.29, 1.82) is 5.26 Å². The number of hydrogen-bond donors (Lipinski definition) is 2. The number of anilines is 1. The largest absolute Gasteiger partial charge is 0.478 e. The second kappa shape index (κ2) is 5.55. The summed E-state index contributed by atoms with van der Waals surface area (Å²) in [6.07, 6.45) is 4.22. The molecule has 19 heavy (non-hydrogen) atoms. The van der Waals surface area contributed by atoms with Crippen molar-refractivity contribution in [2.45, 2.75) is 6.54 Å². The van der Waals surface area contributed by atoms with E-state index in [9.17, 15) is 4.79 Å². The number of nitrogens with zero attached hydrogens (tertiary/aromatic N) is 4. The van der Waals surface area contributed by atoms with E-state index in [2.05, 4.69) is 20.3 Å². The molecule has 0 saturated heterocycles. The molecule has 2 heterocycles. The maximum absolute atomic E-state index is 10.8. The van der Waals surface area contributed by atoms with Crippen LogP contribution in [0.3, 0.4) is 0 Å². The molecule has 0 aliphatic heterocycles. The van der Waals surface area contributed by atoms with Gasteiger partial charge in [0.2, 0.25) is 0 Å². The minimum absolute atomic E-state index is 0.178. The highest BCUT2D eigenvalue weighted by molar-refractivity contribution is 5.87. The molecule has 0 bridgehead atoms. The Bertz CT molecular complexity index is 633. The summed E-state index contributed by atoms with van der Waals surface area (Å²) in [5.41, 5.74) is 0.986. The molecule has 0 amide bonds. The highest BCUT2D eigenvalue weighted by Gasteiger charge is 2.04. The van der Waals surface area contributed by atoms with Crippen LogP contribution in [0.25, 0.3) is 0 Å². The molecular formula is C12H9N5O2. The normalized spacial score (nSPS) is 9.63. The van der Waals surface area contributed by atoms with Crippen LogP contribution in [0.15, 0.2) is 30.7 Å². The molecule has 0 radical (unpaired) electrons. The first-order valence-electron chi connectivity index (χ1n) is 5.33. The van der Waals surface area contributed by atoms with Crippen molar-refractivity contribution in [2.24, 2.45) is 0 Å². The predicted octanol–water partition coefficient (Wildman–Crippen LogP) is 1.05. The van der Waals surface area contributed by atoms with Crippen LogP contribution in [0.1, 0.15) is 21.7 Å². The van der Waals surface area contributed by atoms with E-state index in [1.807, 2.05) is 6.07 Å². The number of carbonyl (C=O) groups is 1. The molecule has 0 atom stereocenters. The van der Waals surface area contributed by atoms with Crippen LogP contribution in [0, 0.1) is 11.3 Å². The summed E-state index contributed by atoms with van der Waals surface area (Å²) >= 11 is 0. The third-order valence-electron chi connectivity index (χ3n) is 2.28. The minimum atomic E-state index is -0.998. The third kappa shape index (κ3) is 3.23. The summed E-state index contributed by atoms with van der Waals surface area (Å²) in [7, 11) is 0. The fraction of sp³-hybridized carbons (Fsp3) is 0.0833. The number of nitriles is 1. The second-order valence-electron chi connectivity index (χ2n) is 3.59. The molecule has 2 N–H and O–H groups in total. The van der Waals surface area contributed by atoms with Crippen molar-refractivity contribution >= 4 is 11.8 Å². The Kier molecular flexibility index (Phi) is 3.64. The van der Waals surface area contributed by atoms with Crippen LogP contribution < -0.4 is 5.32 Å². The van der Waals surface area contributed by atoms with Gasteiger partial charge in [0.15, 0.2) is 5.69 Å². The predicted molar refractivity (Wildman–Crippen MR) is 65.3 cm³/mol. The number of carboxylic acids is 1. The van der Waals surface area contributed by atoms with E-state index in [1.165, 1.54) is 30.7 Å². The molecule has 0 fully saturated rings. The molecule has 2 aromatic heterocycles. The molecular weight excluding hydrogens is 246 g/mol. The molecule has 7 heteroatoms. The zero-order valence-corrected chi connectivity index (χ0v) is 9.74. The van der Waals surface area contributed by atoms with E-state index in [-0.39, 0.29) is 11.3 Å². The zero-order chi connectivity index (χ0) is 13.7. The van der Waals surface area contributed by atoms with Gasteiger partial charge in [-0.3, -0.25) is 4.98 Å². The molecule has 0 saturated carbocycles. The lowest BCUT2D eigenvalue weighted by atomic mass is 10.2. The van der Waals surface area contributed by atoms with Gasteiger partial charge < -0.3 is 10.4 Å². The molecule has 0 aliphatic rings. The molecule has 94 valence electrons. The van der Waals surface area contributed by atoms with Gasteiger partial charge in [-0.25, -0.2) is 14.8 Å². The van der Waals surface area contributed by atoms with Crippen LogP contribution in [-0.2, 0) is 6.54 Å². The first-order valence-corrected chi connectivity index (χ1v) is 5.33. The molecule has 2 rings (SSSR count). The van der Waals surface area contributed by atoms with Gasteiger partial charge in [0.25, 0.3) is 0 Å². The van der Waals surface area contributed by atoms with Crippen LogP contribution in [-0.4, -0.2) is 26.0 Å². The molecule has 0 aliphatic carbocycles. The Labute approximate surface area is 108 Å². The first-order chi connectivity index (χ1) is 9.19. The molecule has 2 aromatic rings. The van der Waals surface area contributed by atoms with Gasteiger partial charge in [-0.05, 0) is 12.1 Å². The van der Waals surface area contributed by atoms with Crippen LogP contribution >= 0.6 is 0 Å². The lowest BCUT2D eigenvalue weighted by Crippen LogP contribution is -2.06. The van der Waals surface area contributed by atoms with Gasteiger partial charge >= 0.3 is 5.97 Å². The quantitative estimate of drug-likeness (QED) is 0.839. The van der Waals surface area contributed by atoms with Gasteiger partial charge in [-0.1, -0.05) is 0 Å². The third-order valence-corrected chi connectivity index (χ3v) is 2.28. The summed E-state index contributed by atoms with van der Waals surface area (Å²) in [5, 5.41) is 20.4. The monoisotopic (exact) mass is 255 g/mol.